The molecule has 0 bridgehead atoms. The van der Waals surface area contributed by atoms with Gasteiger partial charge in [0.2, 0.25) is 0 Å². The normalized spacial score (nSPS) is 17.2. The van der Waals surface area contributed by atoms with Crippen LogP contribution < -0.4 is 0 Å². The summed E-state index contributed by atoms with van der Waals surface area (Å²) in [4.78, 5) is 4.51. The van der Waals surface area contributed by atoms with E-state index >= 15 is 0 Å². The lowest BCUT2D eigenvalue weighted by atomic mass is 9.94. The van der Waals surface area contributed by atoms with Crippen LogP contribution in [-0.4, -0.2) is 22.8 Å². The van der Waals surface area contributed by atoms with Crippen LogP contribution in [0.5, 0.6) is 5.75 Å². The van der Waals surface area contributed by atoms with Gasteiger partial charge >= 0.3 is 0 Å². The molecule has 0 aliphatic carbocycles. The van der Waals surface area contributed by atoms with Crippen molar-refractivity contribution in [3.63, 3.8) is 0 Å². The Bertz CT molecular complexity index is 821. The molecule has 1 aromatic carbocycles. The minimum Gasteiger partial charge on any atom is -0.508 e. The third-order valence-corrected chi connectivity index (χ3v) is 4.66. The molecule has 0 saturated heterocycles. The molecule has 1 atom stereocenters. The van der Waals surface area contributed by atoms with Gasteiger partial charge in [-0.15, -0.1) is 0 Å². The molecular formula is C23H25NO2. The summed E-state index contributed by atoms with van der Waals surface area (Å²) in [6.45, 7) is 6.95. The Labute approximate surface area is 155 Å². The summed E-state index contributed by atoms with van der Waals surface area (Å²) < 4.78 is 5.90. The number of phenols is 1. The largest absolute Gasteiger partial charge is 0.508 e. The number of ether oxygens (including phenoxy) is 1. The van der Waals surface area contributed by atoms with E-state index in [4.69, 9.17) is 4.74 Å². The van der Waals surface area contributed by atoms with Crippen LogP contribution in [-0.2, 0) is 4.74 Å². The maximum Gasteiger partial charge on any atom is 0.116 e. The van der Waals surface area contributed by atoms with Gasteiger partial charge < -0.3 is 9.84 Å². The number of benzene rings is 1. The molecule has 0 radical (unpaired) electrons. The van der Waals surface area contributed by atoms with E-state index in [1.54, 1.807) is 12.1 Å². The van der Waals surface area contributed by atoms with Crippen molar-refractivity contribution in [1.82, 2.24) is 4.98 Å². The number of allylic oxidation sites excluding steroid dienone is 1. The third-order valence-electron chi connectivity index (χ3n) is 4.66. The van der Waals surface area contributed by atoms with Crippen LogP contribution in [0.2, 0.25) is 0 Å². The second-order valence-corrected chi connectivity index (χ2v) is 6.46. The fourth-order valence-corrected chi connectivity index (χ4v) is 3.22. The quantitative estimate of drug-likeness (QED) is 0.729. The highest BCUT2D eigenvalue weighted by atomic mass is 16.5. The highest BCUT2D eigenvalue weighted by Gasteiger charge is 2.21. The Balaban J connectivity index is 1.81. The number of hydrogen-bond acceptors (Lipinski definition) is 3. The van der Waals surface area contributed by atoms with E-state index in [0.29, 0.717) is 6.61 Å². The number of rotatable bonds is 7. The van der Waals surface area contributed by atoms with Crippen LogP contribution in [0.25, 0.3) is 11.6 Å². The van der Waals surface area contributed by atoms with E-state index < -0.39 is 0 Å². The van der Waals surface area contributed by atoms with Crippen LogP contribution in [0.4, 0.5) is 0 Å². The average Bonchev–Trinajstić information content (AvgIpc) is 3.14. The Hall–Kier alpha value is -2.65. The molecule has 3 heteroatoms. The first-order valence-corrected chi connectivity index (χ1v) is 9.08. The van der Waals surface area contributed by atoms with E-state index in [2.05, 4.69) is 30.6 Å². The molecule has 0 spiro atoms. The molecule has 0 amide bonds. The molecule has 26 heavy (non-hydrogen) atoms. The van der Waals surface area contributed by atoms with Crippen LogP contribution >= 0.6 is 0 Å². The van der Waals surface area contributed by atoms with Crippen LogP contribution in [0.15, 0.2) is 72.5 Å². The van der Waals surface area contributed by atoms with Gasteiger partial charge in [0.25, 0.3) is 0 Å². The average molecular weight is 347 g/mol. The van der Waals surface area contributed by atoms with E-state index in [9.17, 15) is 5.11 Å². The van der Waals surface area contributed by atoms with Gasteiger partial charge in [0.15, 0.2) is 0 Å². The summed E-state index contributed by atoms with van der Waals surface area (Å²) in [5.74, 6) is 0.266. The number of aromatic hydroxyl groups is 1. The molecule has 1 aliphatic rings. The van der Waals surface area contributed by atoms with Gasteiger partial charge in [-0.1, -0.05) is 37.8 Å². The topological polar surface area (TPSA) is 42.4 Å². The highest BCUT2D eigenvalue weighted by Crippen LogP contribution is 2.30. The Kier molecular flexibility index (Phi) is 6.03. The lowest BCUT2D eigenvalue weighted by Crippen LogP contribution is -2.11. The third kappa shape index (κ3) is 4.50. The fraction of sp³-hybridized carbons (Fsp3) is 0.261. The number of nitrogens with zero attached hydrogens (tertiary/aromatic N) is 1. The van der Waals surface area contributed by atoms with Gasteiger partial charge in [-0.3, -0.25) is 4.98 Å². The summed E-state index contributed by atoms with van der Waals surface area (Å²) in [5, 5.41) is 9.74. The van der Waals surface area contributed by atoms with Crippen molar-refractivity contribution in [3.8, 4) is 5.75 Å². The maximum atomic E-state index is 9.74. The summed E-state index contributed by atoms with van der Waals surface area (Å²) in [5.41, 5.74) is 5.45. The molecule has 2 aromatic rings. The first kappa shape index (κ1) is 18.2. The zero-order chi connectivity index (χ0) is 18.4. The number of aromatic nitrogens is 1. The van der Waals surface area contributed by atoms with Gasteiger partial charge in [0.05, 0.1) is 18.4 Å². The zero-order valence-corrected chi connectivity index (χ0v) is 15.2. The predicted molar refractivity (Wildman–Crippen MR) is 107 cm³/mol. The summed E-state index contributed by atoms with van der Waals surface area (Å²) in [6, 6.07) is 13.2. The molecule has 1 N–H and O–H groups in total. The molecule has 0 saturated carbocycles. The van der Waals surface area contributed by atoms with E-state index in [0.717, 1.165) is 41.7 Å². The monoisotopic (exact) mass is 347 g/mol. The predicted octanol–water partition coefficient (Wildman–Crippen LogP) is 5.40. The van der Waals surface area contributed by atoms with Crippen molar-refractivity contribution in [2.75, 3.05) is 6.61 Å². The van der Waals surface area contributed by atoms with Gasteiger partial charge in [-0.25, -0.2) is 0 Å². The molecule has 1 aliphatic heterocycles. The number of pyridine rings is 1. The first-order chi connectivity index (χ1) is 12.7. The van der Waals surface area contributed by atoms with Crippen LogP contribution in [0.1, 0.15) is 37.4 Å². The highest BCUT2D eigenvalue weighted by molar-refractivity contribution is 5.80. The van der Waals surface area contributed by atoms with Crippen molar-refractivity contribution in [3.05, 3.63) is 83.7 Å². The first-order valence-electron chi connectivity index (χ1n) is 9.08. The van der Waals surface area contributed by atoms with Crippen molar-refractivity contribution in [2.45, 2.75) is 32.3 Å². The van der Waals surface area contributed by atoms with Crippen LogP contribution in [0.3, 0.4) is 0 Å². The van der Waals surface area contributed by atoms with Gasteiger partial charge in [-0.2, -0.15) is 0 Å². The molecule has 3 nitrogen and oxygen atoms in total. The molecule has 1 aromatic heterocycles. The summed E-state index contributed by atoms with van der Waals surface area (Å²) >= 11 is 0. The van der Waals surface area contributed by atoms with Gasteiger partial charge in [0, 0.05) is 6.20 Å². The Morgan fingerprint density at radius 2 is 2.19 bits per heavy atom. The lowest BCUT2D eigenvalue weighted by molar-refractivity contribution is 0.117. The van der Waals surface area contributed by atoms with Gasteiger partial charge in [0.1, 0.15) is 5.75 Å². The molecule has 1 unspecified atom stereocenters. The van der Waals surface area contributed by atoms with Gasteiger partial charge in [-0.05, 0) is 71.9 Å². The zero-order valence-electron chi connectivity index (χ0n) is 15.2. The molecule has 134 valence electrons. The Morgan fingerprint density at radius 1 is 1.31 bits per heavy atom. The SMILES string of the molecule is C=C(CC)C1=CCOC1CC/C(=C/c1cccc(O)c1)c1ccccn1. The molecule has 0 fully saturated rings. The van der Waals surface area contributed by atoms with E-state index in [1.807, 2.05) is 36.5 Å². The second-order valence-electron chi connectivity index (χ2n) is 6.46. The minimum absolute atomic E-state index is 0.0961. The van der Waals surface area contributed by atoms with Crippen LogP contribution in [0, 0.1) is 0 Å². The molecule has 3 rings (SSSR count). The Morgan fingerprint density at radius 3 is 2.92 bits per heavy atom. The number of hydrogen-bond donors (Lipinski definition) is 1. The standard InChI is InChI=1S/C23H25NO2/c1-3-17(2)21-12-14-26-23(21)11-10-19(22-9-4-5-13-24-22)15-18-7-6-8-20(25)16-18/h4-9,12-13,15-16,23,25H,2-3,10-11,14H2,1H3/b19-15-. The van der Waals surface area contributed by atoms with Crippen molar-refractivity contribution in [1.29, 1.82) is 0 Å². The summed E-state index contributed by atoms with van der Waals surface area (Å²) in [6.07, 6.45) is 8.81. The second kappa shape index (κ2) is 8.63. The smallest absolute Gasteiger partial charge is 0.116 e. The maximum absolute atomic E-state index is 9.74. The van der Waals surface area contributed by atoms with E-state index in [1.165, 1.54) is 5.57 Å². The minimum atomic E-state index is 0.0961. The van der Waals surface area contributed by atoms with Crippen molar-refractivity contribution in [2.24, 2.45) is 0 Å². The van der Waals surface area contributed by atoms with Crippen molar-refractivity contribution >= 4 is 11.6 Å². The van der Waals surface area contributed by atoms with Crippen molar-refractivity contribution < 1.29 is 9.84 Å². The fourth-order valence-electron chi connectivity index (χ4n) is 3.22. The molecular weight excluding hydrogens is 322 g/mol. The number of phenolic OH excluding ortho intramolecular Hbond substituents is 1. The molecule has 2 heterocycles. The summed E-state index contributed by atoms with van der Waals surface area (Å²) in [7, 11) is 0. The lowest BCUT2D eigenvalue weighted by Gasteiger charge is -2.17. The van der Waals surface area contributed by atoms with E-state index in [-0.39, 0.29) is 11.9 Å².